The van der Waals surface area contributed by atoms with Gasteiger partial charge in [0.1, 0.15) is 0 Å². The Bertz CT molecular complexity index is 806. The summed E-state index contributed by atoms with van der Waals surface area (Å²) in [6.45, 7) is 2.89. The fraction of sp³-hybridized carbons (Fsp3) is 0.471. The van der Waals surface area contributed by atoms with Gasteiger partial charge in [-0.1, -0.05) is 24.3 Å². The van der Waals surface area contributed by atoms with Gasteiger partial charge >= 0.3 is 0 Å². The number of carbonyl (C=O) groups is 1. The van der Waals surface area contributed by atoms with Crippen molar-refractivity contribution in [2.75, 3.05) is 13.6 Å². The predicted molar refractivity (Wildman–Crippen MR) is 96.0 cm³/mol. The second kappa shape index (κ2) is 6.86. The zero-order valence-electron chi connectivity index (χ0n) is 14.3. The Morgan fingerprint density at radius 3 is 2.79 bits per heavy atom. The van der Waals surface area contributed by atoms with Crippen LogP contribution in [0.25, 0.3) is 11.4 Å². The summed E-state index contributed by atoms with van der Waals surface area (Å²) >= 11 is 5.51. The number of carbonyl (C=O) groups excluding carboxylic acids is 1. The molecular weight excluding hydrogens is 322 g/mol. The van der Waals surface area contributed by atoms with Crippen LogP contribution in [0.1, 0.15) is 18.4 Å². The van der Waals surface area contributed by atoms with Gasteiger partial charge in [0.05, 0.1) is 13.2 Å². The number of benzene rings is 1. The third-order valence-corrected chi connectivity index (χ3v) is 4.64. The molecule has 0 unspecified atom stereocenters. The quantitative estimate of drug-likeness (QED) is 0.815. The maximum Gasteiger partial charge on any atom is 0.234 e. The molecule has 0 saturated heterocycles. The van der Waals surface area contributed by atoms with Gasteiger partial charge in [-0.15, -0.1) is 0 Å². The van der Waals surface area contributed by atoms with E-state index in [1.807, 2.05) is 41.8 Å². The molecule has 128 valence electrons. The van der Waals surface area contributed by atoms with E-state index in [1.54, 1.807) is 4.68 Å². The van der Waals surface area contributed by atoms with Gasteiger partial charge in [0, 0.05) is 18.7 Å². The summed E-state index contributed by atoms with van der Waals surface area (Å²) in [5.74, 6) is 0.899. The number of hydrogen-bond acceptors (Lipinski definition) is 4. The standard InChI is InChI=1S/C17H23N5OS/c1-12-6-4-5-7-14(12)16-19-22(17(24)21(16)3)11-20(2)10-15(23)18-13-8-9-13/h4-7,13H,8-11H2,1-3H3,(H,18,23). The Morgan fingerprint density at radius 1 is 1.42 bits per heavy atom. The minimum atomic E-state index is 0.0570. The van der Waals surface area contributed by atoms with Crippen LogP contribution < -0.4 is 5.32 Å². The summed E-state index contributed by atoms with van der Waals surface area (Å²) in [6.07, 6.45) is 2.20. The van der Waals surface area contributed by atoms with Gasteiger partial charge < -0.3 is 9.88 Å². The highest BCUT2D eigenvalue weighted by molar-refractivity contribution is 7.71. The Kier molecular flexibility index (Phi) is 4.82. The topological polar surface area (TPSA) is 55.1 Å². The SMILES string of the molecule is Cc1ccccc1-c1nn(CN(C)CC(=O)NC2CC2)c(=S)n1C. The molecule has 3 rings (SSSR count). The van der Waals surface area contributed by atoms with E-state index in [-0.39, 0.29) is 5.91 Å². The summed E-state index contributed by atoms with van der Waals surface area (Å²) in [5, 5.41) is 7.66. The summed E-state index contributed by atoms with van der Waals surface area (Å²) in [6, 6.07) is 8.50. The molecule has 1 aromatic heterocycles. The number of hydrogen-bond donors (Lipinski definition) is 1. The van der Waals surface area contributed by atoms with E-state index in [1.165, 1.54) is 0 Å². The molecule has 1 aromatic carbocycles. The fourth-order valence-corrected chi connectivity index (χ4v) is 2.85. The number of likely N-dealkylation sites (N-methyl/N-ethyl adjacent to an activating group) is 1. The van der Waals surface area contributed by atoms with Crippen LogP contribution in [0.2, 0.25) is 0 Å². The number of nitrogens with one attached hydrogen (secondary N) is 1. The molecule has 0 aliphatic heterocycles. The average Bonchev–Trinajstić information content (AvgIpc) is 3.30. The highest BCUT2D eigenvalue weighted by atomic mass is 32.1. The summed E-state index contributed by atoms with van der Waals surface area (Å²) in [5.41, 5.74) is 2.23. The first kappa shape index (κ1) is 16.9. The van der Waals surface area contributed by atoms with Crippen LogP contribution in [0, 0.1) is 11.7 Å². The zero-order chi connectivity index (χ0) is 17.3. The van der Waals surface area contributed by atoms with Crippen molar-refractivity contribution < 1.29 is 4.79 Å². The Hall–Kier alpha value is -1.99. The largest absolute Gasteiger partial charge is 0.352 e. The maximum atomic E-state index is 11.9. The number of aryl methyl sites for hydroxylation is 1. The normalized spacial score (nSPS) is 14.2. The second-order valence-corrected chi connectivity index (χ2v) is 6.84. The van der Waals surface area contributed by atoms with E-state index in [9.17, 15) is 4.79 Å². The van der Waals surface area contributed by atoms with Gasteiger partial charge in [-0.3, -0.25) is 9.69 Å². The minimum Gasteiger partial charge on any atom is -0.352 e. The molecule has 7 heteroatoms. The fourth-order valence-electron chi connectivity index (χ4n) is 2.66. The molecule has 24 heavy (non-hydrogen) atoms. The van der Waals surface area contributed by atoms with Crippen LogP contribution in [-0.4, -0.2) is 44.8 Å². The van der Waals surface area contributed by atoms with Crippen LogP contribution in [0.5, 0.6) is 0 Å². The Labute approximate surface area is 147 Å². The van der Waals surface area contributed by atoms with Crippen molar-refractivity contribution in [2.24, 2.45) is 7.05 Å². The van der Waals surface area contributed by atoms with Gasteiger partial charge in [0.15, 0.2) is 10.6 Å². The number of amides is 1. The predicted octanol–water partition coefficient (Wildman–Crippen LogP) is 2.09. The molecule has 0 atom stereocenters. The summed E-state index contributed by atoms with van der Waals surface area (Å²) in [4.78, 5) is 13.8. The van der Waals surface area contributed by atoms with Crippen molar-refractivity contribution in [3.8, 4) is 11.4 Å². The third kappa shape index (κ3) is 3.73. The lowest BCUT2D eigenvalue weighted by Gasteiger charge is -2.15. The Morgan fingerprint density at radius 2 is 2.12 bits per heavy atom. The van der Waals surface area contributed by atoms with Crippen molar-refractivity contribution in [2.45, 2.75) is 32.5 Å². The van der Waals surface area contributed by atoms with E-state index in [0.29, 0.717) is 24.0 Å². The number of nitrogens with zero attached hydrogens (tertiary/aromatic N) is 4. The zero-order valence-corrected chi connectivity index (χ0v) is 15.1. The lowest BCUT2D eigenvalue weighted by molar-refractivity contribution is -0.122. The van der Waals surface area contributed by atoms with Crippen molar-refractivity contribution in [1.82, 2.24) is 24.6 Å². The molecule has 0 bridgehead atoms. The molecule has 1 aliphatic carbocycles. The van der Waals surface area contributed by atoms with E-state index < -0.39 is 0 Å². The van der Waals surface area contributed by atoms with Crippen molar-refractivity contribution in [1.29, 1.82) is 0 Å². The van der Waals surface area contributed by atoms with Gasteiger partial charge in [-0.2, -0.15) is 5.10 Å². The van der Waals surface area contributed by atoms with Crippen LogP contribution >= 0.6 is 12.2 Å². The number of rotatable bonds is 6. The van der Waals surface area contributed by atoms with Gasteiger partial charge in [-0.05, 0) is 44.6 Å². The average molecular weight is 345 g/mol. The first-order valence-corrected chi connectivity index (χ1v) is 8.54. The van der Waals surface area contributed by atoms with Crippen LogP contribution in [0.3, 0.4) is 0 Å². The van der Waals surface area contributed by atoms with Gasteiger partial charge in [0.25, 0.3) is 0 Å². The highest BCUT2D eigenvalue weighted by Gasteiger charge is 2.23. The molecule has 1 N–H and O–H groups in total. The van der Waals surface area contributed by atoms with Crippen molar-refractivity contribution >= 4 is 18.1 Å². The molecule has 1 saturated carbocycles. The first-order valence-electron chi connectivity index (χ1n) is 8.13. The monoisotopic (exact) mass is 345 g/mol. The lowest BCUT2D eigenvalue weighted by atomic mass is 10.1. The maximum absolute atomic E-state index is 11.9. The third-order valence-electron chi connectivity index (χ3n) is 4.16. The molecule has 1 amide bonds. The lowest BCUT2D eigenvalue weighted by Crippen LogP contribution is -2.37. The van der Waals surface area contributed by atoms with Crippen LogP contribution in [0.15, 0.2) is 24.3 Å². The van der Waals surface area contributed by atoms with Crippen molar-refractivity contribution in [3.63, 3.8) is 0 Å². The molecule has 0 spiro atoms. The first-order chi connectivity index (χ1) is 11.5. The van der Waals surface area contributed by atoms with E-state index in [2.05, 4.69) is 23.4 Å². The van der Waals surface area contributed by atoms with E-state index in [4.69, 9.17) is 12.2 Å². The van der Waals surface area contributed by atoms with Crippen LogP contribution in [-0.2, 0) is 18.5 Å². The van der Waals surface area contributed by atoms with E-state index in [0.717, 1.165) is 29.8 Å². The van der Waals surface area contributed by atoms with Crippen LogP contribution in [0.4, 0.5) is 0 Å². The molecule has 1 aliphatic rings. The van der Waals surface area contributed by atoms with Gasteiger partial charge in [-0.25, -0.2) is 4.68 Å². The summed E-state index contributed by atoms with van der Waals surface area (Å²) in [7, 11) is 3.82. The molecule has 1 fully saturated rings. The highest BCUT2D eigenvalue weighted by Crippen LogP contribution is 2.21. The summed E-state index contributed by atoms with van der Waals surface area (Å²) < 4.78 is 4.32. The molecule has 6 nitrogen and oxygen atoms in total. The second-order valence-electron chi connectivity index (χ2n) is 6.48. The Balaban J connectivity index is 1.74. The van der Waals surface area contributed by atoms with E-state index >= 15 is 0 Å². The number of aromatic nitrogens is 3. The molecule has 2 aromatic rings. The smallest absolute Gasteiger partial charge is 0.234 e. The molecule has 0 radical (unpaired) electrons. The molecular formula is C17H23N5OS. The van der Waals surface area contributed by atoms with Crippen molar-refractivity contribution in [3.05, 3.63) is 34.6 Å². The minimum absolute atomic E-state index is 0.0570. The van der Waals surface area contributed by atoms with Gasteiger partial charge in [0.2, 0.25) is 5.91 Å². The molecule has 1 heterocycles.